The molecule has 0 aromatic heterocycles. The lowest BCUT2D eigenvalue weighted by Gasteiger charge is -2.08. The molecule has 1 rings (SSSR count). The minimum atomic E-state index is -0.216. The molecule has 0 aromatic rings. The first-order valence-electron chi connectivity index (χ1n) is 5.02. The van der Waals surface area contributed by atoms with Crippen molar-refractivity contribution < 1.29 is 19.1 Å². The third-order valence-corrected chi connectivity index (χ3v) is 2.23. The molecule has 1 heterocycles. The van der Waals surface area contributed by atoms with Crippen LogP contribution in [0.5, 0.6) is 0 Å². The van der Waals surface area contributed by atoms with Gasteiger partial charge in [0.2, 0.25) is 0 Å². The summed E-state index contributed by atoms with van der Waals surface area (Å²) in [6, 6.07) is 0. The van der Waals surface area contributed by atoms with E-state index in [9.17, 15) is 9.59 Å². The highest BCUT2D eigenvalue weighted by molar-refractivity contribution is 5.74. The van der Waals surface area contributed by atoms with Crippen molar-refractivity contribution in [3.05, 3.63) is 0 Å². The Morgan fingerprint density at radius 3 is 2.50 bits per heavy atom. The molecule has 4 heteroatoms. The van der Waals surface area contributed by atoms with Crippen molar-refractivity contribution in [2.75, 3.05) is 13.2 Å². The Labute approximate surface area is 83.6 Å². The molecule has 0 aromatic carbocycles. The summed E-state index contributed by atoms with van der Waals surface area (Å²) in [5.41, 5.74) is 0. The second-order valence-electron chi connectivity index (χ2n) is 3.53. The number of carbonyl (C=O) groups is 2. The van der Waals surface area contributed by atoms with Gasteiger partial charge in [0.15, 0.2) is 0 Å². The number of rotatable bonds is 0. The van der Waals surface area contributed by atoms with E-state index in [0.29, 0.717) is 26.1 Å². The lowest BCUT2D eigenvalue weighted by atomic mass is 10.1. The molecule has 0 radical (unpaired) electrons. The average molecular weight is 200 g/mol. The molecule has 1 aliphatic heterocycles. The molecule has 0 spiro atoms. The van der Waals surface area contributed by atoms with Crippen LogP contribution in [0.2, 0.25) is 0 Å². The minimum absolute atomic E-state index is 0.208. The van der Waals surface area contributed by atoms with Crippen LogP contribution < -0.4 is 0 Å². The van der Waals surface area contributed by atoms with E-state index in [1.165, 1.54) is 0 Å². The van der Waals surface area contributed by atoms with Crippen molar-refractivity contribution in [2.45, 2.75) is 32.6 Å². The molecule has 1 saturated heterocycles. The number of hydrogen-bond acceptors (Lipinski definition) is 4. The van der Waals surface area contributed by atoms with Crippen LogP contribution in [-0.4, -0.2) is 25.2 Å². The molecule has 14 heavy (non-hydrogen) atoms. The van der Waals surface area contributed by atoms with Crippen LogP contribution in [0.3, 0.4) is 0 Å². The zero-order chi connectivity index (χ0) is 10.4. The summed E-state index contributed by atoms with van der Waals surface area (Å²) in [7, 11) is 0. The van der Waals surface area contributed by atoms with Crippen LogP contribution >= 0.6 is 0 Å². The normalized spacial score (nSPS) is 25.9. The Hall–Kier alpha value is -1.06. The molecule has 4 nitrogen and oxygen atoms in total. The predicted octanol–water partition coefficient (Wildman–Crippen LogP) is 1.28. The summed E-state index contributed by atoms with van der Waals surface area (Å²) in [4.78, 5) is 22.4. The van der Waals surface area contributed by atoms with E-state index in [1.54, 1.807) is 6.92 Å². The lowest BCUT2D eigenvalue weighted by Crippen LogP contribution is -2.16. The van der Waals surface area contributed by atoms with Gasteiger partial charge in [-0.05, 0) is 19.3 Å². The fourth-order valence-electron chi connectivity index (χ4n) is 1.23. The number of hydrogen-bond donors (Lipinski definition) is 0. The number of ether oxygens (including phenoxy) is 2. The van der Waals surface area contributed by atoms with Gasteiger partial charge in [-0.25, -0.2) is 0 Å². The van der Waals surface area contributed by atoms with Gasteiger partial charge in [-0.2, -0.15) is 0 Å². The second-order valence-corrected chi connectivity index (χ2v) is 3.53. The summed E-state index contributed by atoms with van der Waals surface area (Å²) < 4.78 is 9.97. The van der Waals surface area contributed by atoms with E-state index in [0.717, 1.165) is 12.8 Å². The highest BCUT2D eigenvalue weighted by atomic mass is 16.5. The molecule has 0 amide bonds. The Balaban J connectivity index is 2.44. The van der Waals surface area contributed by atoms with Crippen molar-refractivity contribution in [2.24, 2.45) is 5.92 Å². The van der Waals surface area contributed by atoms with Crippen molar-refractivity contribution >= 4 is 11.9 Å². The van der Waals surface area contributed by atoms with Crippen LogP contribution in [-0.2, 0) is 19.1 Å². The zero-order valence-electron chi connectivity index (χ0n) is 8.45. The molecule has 80 valence electrons. The fraction of sp³-hybridized carbons (Fsp3) is 0.800. The van der Waals surface area contributed by atoms with Gasteiger partial charge in [0.1, 0.15) is 0 Å². The van der Waals surface area contributed by atoms with E-state index in [2.05, 4.69) is 0 Å². The summed E-state index contributed by atoms with van der Waals surface area (Å²) >= 11 is 0. The third kappa shape index (κ3) is 3.77. The van der Waals surface area contributed by atoms with Crippen molar-refractivity contribution in [3.8, 4) is 0 Å². The fourth-order valence-corrected chi connectivity index (χ4v) is 1.23. The summed E-state index contributed by atoms with van der Waals surface area (Å²) in [5, 5.41) is 0. The lowest BCUT2D eigenvalue weighted by molar-refractivity contribution is -0.148. The van der Waals surface area contributed by atoms with Crippen LogP contribution in [0, 0.1) is 5.92 Å². The first-order chi connectivity index (χ1) is 6.70. The Kier molecular flexibility index (Phi) is 4.43. The van der Waals surface area contributed by atoms with Crippen molar-refractivity contribution in [1.29, 1.82) is 0 Å². The van der Waals surface area contributed by atoms with Gasteiger partial charge < -0.3 is 9.47 Å². The summed E-state index contributed by atoms with van der Waals surface area (Å²) in [6.45, 7) is 2.64. The maximum atomic E-state index is 11.3. The van der Waals surface area contributed by atoms with Gasteiger partial charge in [-0.3, -0.25) is 9.59 Å². The monoisotopic (exact) mass is 200 g/mol. The van der Waals surface area contributed by atoms with E-state index < -0.39 is 0 Å². The zero-order valence-corrected chi connectivity index (χ0v) is 8.45. The first kappa shape index (κ1) is 11.0. The first-order valence-corrected chi connectivity index (χ1v) is 5.02. The van der Waals surface area contributed by atoms with E-state index >= 15 is 0 Å². The van der Waals surface area contributed by atoms with E-state index in [1.807, 2.05) is 0 Å². The quantitative estimate of drug-likeness (QED) is 0.553. The van der Waals surface area contributed by atoms with Crippen LogP contribution in [0.4, 0.5) is 0 Å². The molecule has 0 aliphatic carbocycles. The summed E-state index contributed by atoms with van der Waals surface area (Å²) in [5.74, 6) is -0.632. The van der Waals surface area contributed by atoms with E-state index in [4.69, 9.17) is 9.47 Å². The van der Waals surface area contributed by atoms with E-state index in [-0.39, 0.29) is 17.9 Å². The van der Waals surface area contributed by atoms with Crippen LogP contribution in [0.15, 0.2) is 0 Å². The standard InChI is InChI=1S/C10H16O4/c1-8-4-5-9(11)13-6-2-3-7-14-10(8)12/h8H,2-7H2,1H3. The minimum Gasteiger partial charge on any atom is -0.466 e. The number of esters is 2. The van der Waals surface area contributed by atoms with Gasteiger partial charge >= 0.3 is 11.9 Å². The highest BCUT2D eigenvalue weighted by Crippen LogP contribution is 2.10. The molecule has 0 saturated carbocycles. The Morgan fingerprint density at radius 1 is 1.14 bits per heavy atom. The molecular formula is C10H16O4. The molecular weight excluding hydrogens is 184 g/mol. The largest absolute Gasteiger partial charge is 0.466 e. The average Bonchev–Trinajstić information content (AvgIpc) is 2.20. The van der Waals surface area contributed by atoms with Gasteiger partial charge in [-0.1, -0.05) is 6.92 Å². The molecule has 1 unspecified atom stereocenters. The Bertz CT molecular complexity index is 212. The maximum absolute atomic E-state index is 11.3. The smallest absolute Gasteiger partial charge is 0.308 e. The second kappa shape index (κ2) is 5.62. The van der Waals surface area contributed by atoms with Gasteiger partial charge in [0.25, 0.3) is 0 Å². The van der Waals surface area contributed by atoms with Crippen LogP contribution in [0.1, 0.15) is 32.6 Å². The van der Waals surface area contributed by atoms with Gasteiger partial charge in [0, 0.05) is 6.42 Å². The van der Waals surface area contributed by atoms with Crippen molar-refractivity contribution in [1.82, 2.24) is 0 Å². The molecule has 1 aliphatic rings. The number of cyclic esters (lactones) is 2. The maximum Gasteiger partial charge on any atom is 0.308 e. The SMILES string of the molecule is CC1CCC(=O)OCCCCOC1=O. The third-order valence-electron chi connectivity index (χ3n) is 2.23. The van der Waals surface area contributed by atoms with Gasteiger partial charge in [0.05, 0.1) is 19.1 Å². The van der Waals surface area contributed by atoms with Crippen molar-refractivity contribution in [3.63, 3.8) is 0 Å². The molecule has 1 fully saturated rings. The topological polar surface area (TPSA) is 52.6 Å². The number of carbonyl (C=O) groups excluding carboxylic acids is 2. The molecule has 1 atom stereocenters. The summed E-state index contributed by atoms with van der Waals surface area (Å²) in [6.07, 6.45) is 2.33. The molecule has 0 N–H and O–H groups in total. The predicted molar refractivity (Wildman–Crippen MR) is 49.6 cm³/mol. The Morgan fingerprint density at radius 2 is 1.79 bits per heavy atom. The molecule has 0 bridgehead atoms. The van der Waals surface area contributed by atoms with Crippen LogP contribution in [0.25, 0.3) is 0 Å². The highest BCUT2D eigenvalue weighted by Gasteiger charge is 2.17. The van der Waals surface area contributed by atoms with Gasteiger partial charge in [-0.15, -0.1) is 0 Å².